The topological polar surface area (TPSA) is 33.2 Å². The molecule has 0 radical (unpaired) electrons. The molecule has 1 aliphatic heterocycles. The maximum absolute atomic E-state index is 12.6. The predicted molar refractivity (Wildman–Crippen MR) is 84.5 cm³/mol. The number of carbonyl (C=O) groups excluding carboxylic acids is 1. The van der Waals surface area contributed by atoms with Crippen LogP contribution in [-0.4, -0.2) is 22.3 Å². The molecule has 1 amide bonds. The first-order valence-corrected chi connectivity index (χ1v) is 7.91. The molecule has 2 aromatic rings. The second-order valence-electron chi connectivity index (χ2n) is 4.71. The maximum Gasteiger partial charge on any atom is 0.255 e. The highest BCUT2D eigenvalue weighted by Gasteiger charge is 2.23. The van der Waals surface area contributed by atoms with Crippen molar-refractivity contribution >= 4 is 37.8 Å². The summed E-state index contributed by atoms with van der Waals surface area (Å²) in [6.07, 6.45) is 2.62. The van der Waals surface area contributed by atoms with Gasteiger partial charge in [0.15, 0.2) is 0 Å². The lowest BCUT2D eigenvalue weighted by molar-refractivity contribution is 0.0732. The third-order valence-corrected chi connectivity index (χ3v) is 4.56. The van der Waals surface area contributed by atoms with Crippen LogP contribution in [0.3, 0.4) is 0 Å². The summed E-state index contributed by atoms with van der Waals surface area (Å²) in [6, 6.07) is 9.58. The average molecular weight is 396 g/mol. The lowest BCUT2D eigenvalue weighted by atomic mass is 10.0. The Morgan fingerprint density at radius 2 is 2.10 bits per heavy atom. The molecule has 1 aliphatic rings. The summed E-state index contributed by atoms with van der Waals surface area (Å²) in [4.78, 5) is 18.8. The van der Waals surface area contributed by atoms with Crippen LogP contribution in [0.2, 0.25) is 0 Å². The number of halogens is 2. The van der Waals surface area contributed by atoms with Crippen LogP contribution in [0.1, 0.15) is 21.6 Å². The van der Waals surface area contributed by atoms with E-state index in [0.29, 0.717) is 18.7 Å². The highest BCUT2D eigenvalue weighted by Crippen LogP contribution is 2.25. The van der Waals surface area contributed by atoms with Gasteiger partial charge in [0.1, 0.15) is 0 Å². The molecule has 0 fully saturated rings. The van der Waals surface area contributed by atoms with Crippen molar-refractivity contribution in [1.29, 1.82) is 0 Å². The first-order valence-electron chi connectivity index (χ1n) is 6.32. The molecule has 1 aromatic heterocycles. The summed E-state index contributed by atoms with van der Waals surface area (Å²) in [6.45, 7) is 1.34. The predicted octanol–water partition coefficient (Wildman–Crippen LogP) is 3.81. The summed E-state index contributed by atoms with van der Waals surface area (Å²) in [5, 5.41) is 0. The Hall–Kier alpha value is -1.20. The number of fused-ring (bicyclic) bond motifs is 1. The van der Waals surface area contributed by atoms with Gasteiger partial charge >= 0.3 is 0 Å². The summed E-state index contributed by atoms with van der Waals surface area (Å²) >= 11 is 6.86. The van der Waals surface area contributed by atoms with E-state index >= 15 is 0 Å². The number of benzene rings is 1. The number of pyridine rings is 1. The van der Waals surface area contributed by atoms with Crippen molar-refractivity contribution in [2.45, 2.75) is 13.0 Å². The zero-order valence-corrected chi connectivity index (χ0v) is 13.8. The van der Waals surface area contributed by atoms with Crippen LogP contribution in [0.4, 0.5) is 0 Å². The number of amides is 1. The van der Waals surface area contributed by atoms with Crippen LogP contribution in [0.25, 0.3) is 0 Å². The Morgan fingerprint density at radius 3 is 2.90 bits per heavy atom. The number of carbonyl (C=O) groups is 1. The van der Waals surface area contributed by atoms with Crippen molar-refractivity contribution in [3.8, 4) is 0 Å². The normalized spacial score (nSPS) is 14.0. The minimum Gasteiger partial charge on any atom is -0.334 e. The van der Waals surface area contributed by atoms with Gasteiger partial charge < -0.3 is 4.90 Å². The van der Waals surface area contributed by atoms with Gasteiger partial charge in [-0.3, -0.25) is 9.78 Å². The molecule has 3 nitrogen and oxygen atoms in total. The highest BCUT2D eigenvalue weighted by atomic mass is 79.9. The van der Waals surface area contributed by atoms with Crippen molar-refractivity contribution in [3.63, 3.8) is 0 Å². The molecule has 2 heterocycles. The van der Waals surface area contributed by atoms with Crippen LogP contribution in [0, 0.1) is 0 Å². The molecule has 1 aromatic carbocycles. The summed E-state index contributed by atoms with van der Waals surface area (Å²) in [7, 11) is 0. The van der Waals surface area contributed by atoms with Gasteiger partial charge in [-0.2, -0.15) is 0 Å². The molecule has 0 N–H and O–H groups in total. The smallest absolute Gasteiger partial charge is 0.255 e. The Labute approximate surface area is 134 Å². The first kappa shape index (κ1) is 13.8. The van der Waals surface area contributed by atoms with E-state index in [1.165, 1.54) is 0 Å². The Bertz CT molecular complexity index is 673. The SMILES string of the molecule is O=C(c1ccc(Br)cc1Br)N1CCc2ncccc2C1. The molecule has 0 saturated carbocycles. The largest absolute Gasteiger partial charge is 0.334 e. The molecular weight excluding hydrogens is 384 g/mol. The molecule has 3 rings (SSSR count). The van der Waals surface area contributed by atoms with E-state index in [4.69, 9.17) is 0 Å². The zero-order chi connectivity index (χ0) is 14.1. The van der Waals surface area contributed by atoms with E-state index in [1.54, 1.807) is 0 Å². The second-order valence-corrected chi connectivity index (χ2v) is 6.48. The molecule has 0 spiro atoms. The fraction of sp³-hybridized carbons (Fsp3) is 0.200. The average Bonchev–Trinajstić information content (AvgIpc) is 2.46. The fourth-order valence-corrected chi connectivity index (χ4v) is 3.59. The standard InChI is InChI=1S/C15H12Br2N2O/c16-11-3-4-12(13(17)8-11)15(20)19-7-5-14-10(9-19)2-1-6-18-14/h1-4,6,8H,5,7,9H2. The quantitative estimate of drug-likeness (QED) is 0.735. The summed E-state index contributed by atoms with van der Waals surface area (Å²) in [5.74, 6) is 0.0545. The zero-order valence-electron chi connectivity index (χ0n) is 10.6. The van der Waals surface area contributed by atoms with Gasteiger partial charge in [0.25, 0.3) is 5.91 Å². The van der Waals surface area contributed by atoms with Gasteiger partial charge in [-0.25, -0.2) is 0 Å². The van der Waals surface area contributed by atoms with E-state index in [-0.39, 0.29) is 5.91 Å². The summed E-state index contributed by atoms with van der Waals surface area (Å²) in [5.41, 5.74) is 2.94. The first-order chi connectivity index (χ1) is 9.65. The van der Waals surface area contributed by atoms with Crippen LogP contribution in [-0.2, 0) is 13.0 Å². The molecule has 20 heavy (non-hydrogen) atoms. The number of hydrogen-bond acceptors (Lipinski definition) is 2. The monoisotopic (exact) mass is 394 g/mol. The number of hydrogen-bond donors (Lipinski definition) is 0. The Kier molecular flexibility index (Phi) is 3.89. The van der Waals surface area contributed by atoms with Crippen molar-refractivity contribution in [1.82, 2.24) is 9.88 Å². The second kappa shape index (κ2) is 5.66. The highest BCUT2D eigenvalue weighted by molar-refractivity contribution is 9.11. The van der Waals surface area contributed by atoms with E-state index in [2.05, 4.69) is 36.8 Å². The van der Waals surface area contributed by atoms with Crippen LogP contribution < -0.4 is 0 Å². The molecule has 0 saturated heterocycles. The van der Waals surface area contributed by atoms with Gasteiger partial charge in [-0.15, -0.1) is 0 Å². The number of rotatable bonds is 1. The van der Waals surface area contributed by atoms with Gasteiger partial charge in [-0.05, 0) is 45.8 Å². The number of nitrogens with zero attached hydrogens (tertiary/aromatic N) is 2. The van der Waals surface area contributed by atoms with Crippen molar-refractivity contribution in [2.75, 3.05) is 6.54 Å². The molecular formula is C15H12Br2N2O. The third kappa shape index (κ3) is 2.65. The molecule has 0 atom stereocenters. The van der Waals surface area contributed by atoms with Gasteiger partial charge in [0, 0.05) is 40.3 Å². The van der Waals surface area contributed by atoms with Crippen molar-refractivity contribution in [2.24, 2.45) is 0 Å². The van der Waals surface area contributed by atoms with E-state index in [1.807, 2.05) is 41.4 Å². The van der Waals surface area contributed by atoms with Crippen LogP contribution in [0.5, 0.6) is 0 Å². The van der Waals surface area contributed by atoms with E-state index < -0.39 is 0 Å². The third-order valence-electron chi connectivity index (χ3n) is 3.41. The minimum absolute atomic E-state index is 0.0545. The molecule has 5 heteroatoms. The summed E-state index contributed by atoms with van der Waals surface area (Å²) < 4.78 is 1.77. The van der Waals surface area contributed by atoms with E-state index in [9.17, 15) is 4.79 Å². The fourth-order valence-electron chi connectivity index (χ4n) is 2.37. The maximum atomic E-state index is 12.6. The molecule has 0 aliphatic carbocycles. The Morgan fingerprint density at radius 1 is 1.25 bits per heavy atom. The van der Waals surface area contributed by atoms with Gasteiger partial charge in [-0.1, -0.05) is 22.0 Å². The van der Waals surface area contributed by atoms with Gasteiger partial charge in [0.05, 0.1) is 5.56 Å². The molecule has 0 unspecified atom stereocenters. The lowest BCUT2D eigenvalue weighted by Gasteiger charge is -2.28. The minimum atomic E-state index is 0.0545. The molecule has 102 valence electrons. The van der Waals surface area contributed by atoms with E-state index in [0.717, 1.165) is 26.6 Å². The van der Waals surface area contributed by atoms with Crippen molar-refractivity contribution < 1.29 is 4.79 Å². The van der Waals surface area contributed by atoms with Crippen LogP contribution >= 0.6 is 31.9 Å². The lowest BCUT2D eigenvalue weighted by Crippen LogP contribution is -2.36. The van der Waals surface area contributed by atoms with Crippen LogP contribution in [0.15, 0.2) is 45.5 Å². The molecule has 0 bridgehead atoms. The Balaban J connectivity index is 1.86. The van der Waals surface area contributed by atoms with Crippen molar-refractivity contribution in [3.05, 3.63) is 62.3 Å². The number of aromatic nitrogens is 1. The van der Waals surface area contributed by atoms with Gasteiger partial charge in [0.2, 0.25) is 0 Å².